The molecule has 4 aromatic rings. The van der Waals surface area contributed by atoms with Gasteiger partial charge in [0.15, 0.2) is 28.8 Å². The van der Waals surface area contributed by atoms with Crippen molar-refractivity contribution in [1.29, 1.82) is 0 Å². The second-order valence-electron chi connectivity index (χ2n) is 6.45. The van der Waals surface area contributed by atoms with Crippen LogP contribution in [0.4, 0.5) is 5.82 Å². The van der Waals surface area contributed by atoms with Gasteiger partial charge in [0.1, 0.15) is 6.54 Å². The zero-order valence-corrected chi connectivity index (χ0v) is 19.6. The molecule has 0 radical (unpaired) electrons. The normalized spacial score (nSPS) is 11.3. The van der Waals surface area contributed by atoms with Crippen LogP contribution < -0.4 is 15.9 Å². The zero-order chi connectivity index (χ0) is 22.8. The Hall–Kier alpha value is -3.45. The Balaban J connectivity index is 1.58. The van der Waals surface area contributed by atoms with E-state index in [-0.39, 0.29) is 29.6 Å². The highest BCUT2D eigenvalue weighted by atomic mass is 79.9. The number of carbonyl (C=O) groups is 1. The SMILES string of the molecule is COc1cc(/C=N/NC(=O)Cn2c(-c3nonc3N)nc3ccccc32)c(Br)c(Br)c1O. The summed E-state index contributed by atoms with van der Waals surface area (Å²) in [4.78, 5) is 17.1. The molecule has 0 bridgehead atoms. The third kappa shape index (κ3) is 4.03. The summed E-state index contributed by atoms with van der Waals surface area (Å²) in [5.74, 6) is 0.195. The third-order valence-corrected chi connectivity index (χ3v) is 6.63. The number of aromatic nitrogens is 4. The lowest BCUT2D eigenvalue weighted by atomic mass is 10.2. The van der Waals surface area contributed by atoms with Crippen molar-refractivity contribution in [2.45, 2.75) is 6.54 Å². The maximum Gasteiger partial charge on any atom is 0.260 e. The molecule has 13 heteroatoms. The van der Waals surface area contributed by atoms with E-state index < -0.39 is 5.91 Å². The second-order valence-corrected chi connectivity index (χ2v) is 8.03. The van der Waals surface area contributed by atoms with E-state index >= 15 is 0 Å². The van der Waals surface area contributed by atoms with Gasteiger partial charge in [0.05, 0.1) is 28.8 Å². The van der Waals surface area contributed by atoms with Crippen LogP contribution in [0.25, 0.3) is 22.6 Å². The Morgan fingerprint density at radius 2 is 2.12 bits per heavy atom. The third-order valence-electron chi connectivity index (χ3n) is 4.47. The maximum atomic E-state index is 12.6. The fraction of sp³-hybridized carbons (Fsp3) is 0.105. The number of fused-ring (bicyclic) bond motifs is 1. The molecule has 0 aliphatic carbocycles. The number of ether oxygens (including phenoxy) is 1. The first-order valence-corrected chi connectivity index (χ1v) is 10.6. The highest BCUT2D eigenvalue weighted by Crippen LogP contribution is 2.41. The van der Waals surface area contributed by atoms with Gasteiger partial charge >= 0.3 is 0 Å². The molecule has 4 N–H and O–H groups in total. The van der Waals surface area contributed by atoms with Gasteiger partial charge in [0.2, 0.25) is 0 Å². The van der Waals surface area contributed by atoms with E-state index in [4.69, 9.17) is 10.5 Å². The number of hydrogen-bond acceptors (Lipinski definition) is 9. The molecule has 0 saturated carbocycles. The molecule has 2 aromatic heterocycles. The van der Waals surface area contributed by atoms with Gasteiger partial charge in [0, 0.05) is 10.0 Å². The van der Waals surface area contributed by atoms with Crippen molar-refractivity contribution in [1.82, 2.24) is 25.3 Å². The topological polar surface area (TPSA) is 154 Å². The molecular formula is C19H15Br2N7O4. The van der Waals surface area contributed by atoms with Gasteiger partial charge in [-0.15, -0.1) is 0 Å². The fourth-order valence-electron chi connectivity index (χ4n) is 2.98. The van der Waals surface area contributed by atoms with Crippen LogP contribution in [0.2, 0.25) is 0 Å². The van der Waals surface area contributed by atoms with Crippen molar-refractivity contribution < 1.29 is 19.3 Å². The van der Waals surface area contributed by atoms with Crippen LogP contribution in [0.3, 0.4) is 0 Å². The average Bonchev–Trinajstić information content (AvgIpc) is 3.37. The number of aromatic hydroxyl groups is 1. The number of imidazole rings is 1. The van der Waals surface area contributed by atoms with Gasteiger partial charge in [-0.2, -0.15) is 5.10 Å². The summed E-state index contributed by atoms with van der Waals surface area (Å²) >= 11 is 6.64. The van der Waals surface area contributed by atoms with E-state index in [9.17, 15) is 9.90 Å². The Morgan fingerprint density at radius 1 is 1.34 bits per heavy atom. The highest BCUT2D eigenvalue weighted by molar-refractivity contribution is 9.13. The summed E-state index contributed by atoms with van der Waals surface area (Å²) in [5, 5.41) is 21.4. The number of phenolic OH excluding ortho intramolecular Hbond substituents is 1. The lowest BCUT2D eigenvalue weighted by Crippen LogP contribution is -2.23. The van der Waals surface area contributed by atoms with E-state index in [2.05, 4.69) is 62.3 Å². The predicted octanol–water partition coefficient (Wildman–Crippen LogP) is 3.06. The van der Waals surface area contributed by atoms with Crippen LogP contribution in [0.15, 0.2) is 49.0 Å². The minimum Gasteiger partial charge on any atom is -0.503 e. The number of nitrogens with zero attached hydrogens (tertiary/aromatic N) is 5. The minimum absolute atomic E-state index is 0.0540. The molecule has 1 amide bonds. The zero-order valence-electron chi connectivity index (χ0n) is 16.4. The van der Waals surface area contributed by atoms with E-state index in [1.165, 1.54) is 13.3 Å². The molecule has 0 atom stereocenters. The molecule has 0 fully saturated rings. The Bertz CT molecular complexity index is 1350. The summed E-state index contributed by atoms with van der Waals surface area (Å²) < 4.78 is 12.4. The Morgan fingerprint density at radius 3 is 2.84 bits per heavy atom. The van der Waals surface area contributed by atoms with Crippen LogP contribution >= 0.6 is 31.9 Å². The van der Waals surface area contributed by atoms with Crippen molar-refractivity contribution in [2.75, 3.05) is 12.8 Å². The van der Waals surface area contributed by atoms with Crippen LogP contribution in [0.5, 0.6) is 11.5 Å². The Labute approximate surface area is 197 Å². The molecule has 2 aromatic carbocycles. The number of methoxy groups -OCH3 is 1. The number of halogens is 2. The number of carbonyl (C=O) groups excluding carboxylic acids is 1. The number of rotatable bonds is 6. The first kappa shape index (κ1) is 21.8. The minimum atomic E-state index is -0.415. The van der Waals surface area contributed by atoms with E-state index in [1.807, 2.05) is 24.3 Å². The summed E-state index contributed by atoms with van der Waals surface area (Å²) in [5.41, 5.74) is 10.5. The fourth-order valence-corrected chi connectivity index (χ4v) is 3.81. The van der Waals surface area contributed by atoms with Gasteiger partial charge in [-0.05, 0) is 60.4 Å². The number of hydrazone groups is 1. The van der Waals surface area contributed by atoms with Gasteiger partial charge in [-0.25, -0.2) is 15.0 Å². The largest absolute Gasteiger partial charge is 0.503 e. The number of benzene rings is 2. The van der Waals surface area contributed by atoms with Crippen LogP contribution in [-0.4, -0.2) is 44.2 Å². The first-order chi connectivity index (χ1) is 15.4. The summed E-state index contributed by atoms with van der Waals surface area (Å²) in [6, 6.07) is 8.87. The average molecular weight is 565 g/mol. The Kier molecular flexibility index (Phi) is 6.10. The highest BCUT2D eigenvalue weighted by Gasteiger charge is 2.20. The van der Waals surface area contributed by atoms with E-state index in [0.29, 0.717) is 31.4 Å². The van der Waals surface area contributed by atoms with Crippen molar-refractivity contribution in [2.24, 2.45) is 5.10 Å². The van der Waals surface area contributed by atoms with Crippen LogP contribution in [-0.2, 0) is 11.3 Å². The quantitative estimate of drug-likeness (QED) is 0.238. The van der Waals surface area contributed by atoms with E-state index in [1.54, 1.807) is 10.6 Å². The molecule has 164 valence electrons. The number of anilines is 1. The van der Waals surface area contributed by atoms with Crippen LogP contribution in [0, 0.1) is 0 Å². The molecule has 0 unspecified atom stereocenters. The van der Waals surface area contributed by atoms with Crippen molar-refractivity contribution in [3.8, 4) is 23.0 Å². The molecule has 0 saturated heterocycles. The van der Waals surface area contributed by atoms with Gasteiger partial charge in [-0.1, -0.05) is 12.1 Å². The van der Waals surface area contributed by atoms with Crippen molar-refractivity contribution in [3.63, 3.8) is 0 Å². The number of para-hydroxylation sites is 2. The number of nitrogens with two attached hydrogens (primary N) is 1. The number of nitrogen functional groups attached to an aromatic ring is 1. The van der Waals surface area contributed by atoms with Gasteiger partial charge in [0.25, 0.3) is 5.91 Å². The molecule has 2 heterocycles. The smallest absolute Gasteiger partial charge is 0.260 e. The number of amides is 1. The lowest BCUT2D eigenvalue weighted by molar-refractivity contribution is -0.121. The van der Waals surface area contributed by atoms with Gasteiger partial charge in [-0.3, -0.25) is 4.79 Å². The number of phenols is 1. The second kappa shape index (κ2) is 8.96. The first-order valence-electron chi connectivity index (χ1n) is 9.01. The molecule has 0 spiro atoms. The predicted molar refractivity (Wildman–Crippen MR) is 123 cm³/mol. The number of nitrogens with one attached hydrogen (secondary N) is 1. The van der Waals surface area contributed by atoms with Crippen LogP contribution in [0.1, 0.15) is 5.56 Å². The standard InChI is InChI=1S/C19H15Br2N7O4/c1-31-12-6-9(14(20)15(21)17(12)30)7-23-25-13(29)8-28-11-5-3-2-4-10(11)24-19(28)16-18(22)27-32-26-16/h2-7,30H,8H2,1H3,(H2,22,27)(H,25,29)/b23-7+. The molecule has 32 heavy (non-hydrogen) atoms. The lowest BCUT2D eigenvalue weighted by Gasteiger charge is -2.09. The summed E-state index contributed by atoms with van der Waals surface area (Å²) in [6.45, 7) is -0.108. The number of hydrogen-bond donors (Lipinski definition) is 3. The summed E-state index contributed by atoms with van der Waals surface area (Å²) in [6.07, 6.45) is 1.42. The molecule has 11 nitrogen and oxygen atoms in total. The van der Waals surface area contributed by atoms with E-state index in [0.717, 1.165) is 0 Å². The molecular weight excluding hydrogens is 550 g/mol. The molecule has 0 aliphatic heterocycles. The van der Waals surface area contributed by atoms with Gasteiger partial charge < -0.3 is 20.1 Å². The van der Waals surface area contributed by atoms with Crippen molar-refractivity contribution in [3.05, 3.63) is 44.8 Å². The maximum absolute atomic E-state index is 12.6. The summed E-state index contributed by atoms with van der Waals surface area (Å²) in [7, 11) is 1.43. The van der Waals surface area contributed by atoms with Crippen molar-refractivity contribution >= 4 is 60.8 Å². The molecule has 0 aliphatic rings. The molecule has 4 rings (SSSR count). The monoisotopic (exact) mass is 563 g/mol.